The van der Waals surface area contributed by atoms with Gasteiger partial charge >= 0.3 is 0 Å². The first-order chi connectivity index (χ1) is 24.9. The molecule has 1 aliphatic heterocycles. The summed E-state index contributed by atoms with van der Waals surface area (Å²) in [5.41, 5.74) is 6.70. The minimum Gasteiger partial charge on any atom is -0.282 e. The maximum Gasteiger partial charge on any atom is 0.294 e. The van der Waals surface area contributed by atoms with Crippen LogP contribution in [0.25, 0.3) is 0 Å². The molecule has 51 heavy (non-hydrogen) atoms. The third-order valence-electron chi connectivity index (χ3n) is 9.44. The number of anilines is 2. The van der Waals surface area contributed by atoms with E-state index in [9.17, 15) is 8.42 Å². The van der Waals surface area contributed by atoms with Gasteiger partial charge in [-0.25, -0.2) is 0 Å². The number of hydrogen-bond acceptors (Lipinski definition) is 6. The fourth-order valence-electron chi connectivity index (χ4n) is 6.36. The number of aryl methyl sites for hydroxylation is 1. The maximum atomic E-state index is 11.0. The Bertz CT molecular complexity index is 1430. The zero-order chi connectivity index (χ0) is 36.4. The van der Waals surface area contributed by atoms with Gasteiger partial charge in [-0.05, 0) is 61.2 Å². The van der Waals surface area contributed by atoms with Crippen LogP contribution in [0.15, 0.2) is 94.9 Å². The number of benzene rings is 3. The van der Waals surface area contributed by atoms with E-state index in [-0.39, 0.29) is 4.90 Å². The molecule has 4 rings (SSSR count). The number of nitrogens with one attached hydrogen (secondary N) is 1. The fraction of sp³-hybridized carbons (Fsp3) is 0.558. The summed E-state index contributed by atoms with van der Waals surface area (Å²) in [7, 11) is -4.07. The lowest BCUT2D eigenvalue weighted by Gasteiger charge is -2.27. The van der Waals surface area contributed by atoms with Gasteiger partial charge in [0.15, 0.2) is 0 Å². The first-order valence-electron chi connectivity index (χ1n) is 20.0. The van der Waals surface area contributed by atoms with Crippen molar-refractivity contribution < 1.29 is 13.0 Å². The number of hydrogen-bond donors (Lipinski definition) is 2. The molecule has 0 spiro atoms. The van der Waals surface area contributed by atoms with E-state index >= 15 is 0 Å². The van der Waals surface area contributed by atoms with Crippen LogP contribution in [0.3, 0.4) is 0 Å². The highest BCUT2D eigenvalue weighted by Gasteiger charge is 2.24. The molecule has 0 atom stereocenters. The third kappa shape index (κ3) is 17.6. The van der Waals surface area contributed by atoms with Gasteiger partial charge in [-0.15, -0.1) is 5.10 Å². The summed E-state index contributed by atoms with van der Waals surface area (Å²) in [6, 6.07) is 27.1. The molecule has 0 radical (unpaired) electrons. The van der Waals surface area contributed by atoms with Crippen molar-refractivity contribution in [2.45, 2.75) is 160 Å². The molecule has 0 fully saturated rings. The predicted molar refractivity (Wildman–Crippen MR) is 217 cm³/mol. The molecule has 2 N–H and O–H groups in total. The van der Waals surface area contributed by atoms with Crippen LogP contribution in [0, 0.1) is 0 Å². The van der Waals surface area contributed by atoms with Gasteiger partial charge in [0, 0.05) is 6.42 Å². The van der Waals surface area contributed by atoms with Gasteiger partial charge in [0.1, 0.15) is 5.84 Å². The number of rotatable bonds is 25. The van der Waals surface area contributed by atoms with Crippen molar-refractivity contribution >= 4 is 27.3 Å². The van der Waals surface area contributed by atoms with Gasteiger partial charge in [0.2, 0.25) is 0 Å². The van der Waals surface area contributed by atoms with Crippen molar-refractivity contribution in [2.24, 2.45) is 5.10 Å². The Kier molecular flexibility index (Phi) is 21.1. The monoisotopic (exact) mass is 718 g/mol. The van der Waals surface area contributed by atoms with Crippen LogP contribution in [0.2, 0.25) is 0 Å². The molecule has 3 aromatic carbocycles. The normalized spacial score (nSPS) is 12.7. The molecular formula is C43H66N4O3S. The minimum atomic E-state index is -4.07. The van der Waals surface area contributed by atoms with Crippen LogP contribution in [0.5, 0.6) is 0 Å². The first kappa shape index (κ1) is 42.1. The Labute approximate surface area is 310 Å². The van der Waals surface area contributed by atoms with Crippen LogP contribution in [-0.4, -0.2) is 18.8 Å². The molecule has 0 bridgehead atoms. The second-order valence-electron chi connectivity index (χ2n) is 13.9. The number of amidine groups is 1. The number of hydrazone groups is 1. The van der Waals surface area contributed by atoms with Crippen LogP contribution >= 0.6 is 0 Å². The van der Waals surface area contributed by atoms with E-state index in [0.717, 1.165) is 42.0 Å². The Balaban J connectivity index is 0.000000280. The molecule has 8 heteroatoms. The number of unbranched alkanes of at least 4 members (excludes halogenated alkanes) is 18. The highest BCUT2D eigenvalue weighted by atomic mass is 32.2. The van der Waals surface area contributed by atoms with Gasteiger partial charge < -0.3 is 0 Å². The van der Waals surface area contributed by atoms with Crippen molar-refractivity contribution in [3.05, 3.63) is 90.5 Å². The van der Waals surface area contributed by atoms with E-state index in [1.54, 1.807) is 12.1 Å². The summed E-state index contributed by atoms with van der Waals surface area (Å²) >= 11 is 0. The average molecular weight is 719 g/mol. The number of para-hydroxylation sites is 2. The lowest BCUT2D eigenvalue weighted by molar-refractivity contribution is 0.483. The molecule has 0 amide bonds. The zero-order valence-electron chi connectivity index (χ0n) is 31.7. The maximum absolute atomic E-state index is 11.0. The Morgan fingerprint density at radius 1 is 0.529 bits per heavy atom. The molecule has 0 aromatic heterocycles. The first-order valence-corrected chi connectivity index (χ1v) is 21.5. The van der Waals surface area contributed by atoms with Crippen molar-refractivity contribution in [2.75, 3.05) is 10.2 Å². The summed E-state index contributed by atoms with van der Waals surface area (Å²) in [5.74, 6) is 1.02. The summed E-state index contributed by atoms with van der Waals surface area (Å²) in [5, 5.41) is 8.72. The highest BCUT2D eigenvalue weighted by molar-refractivity contribution is 7.85. The molecule has 0 saturated heterocycles. The summed E-state index contributed by atoms with van der Waals surface area (Å²) in [6.07, 6.45) is 28.8. The van der Waals surface area contributed by atoms with Crippen molar-refractivity contribution in [3.63, 3.8) is 0 Å². The van der Waals surface area contributed by atoms with Crippen LogP contribution in [0.4, 0.5) is 11.4 Å². The smallest absolute Gasteiger partial charge is 0.282 e. The minimum absolute atomic E-state index is 0.0248. The number of hydrazine groups is 2. The Hall–Kier alpha value is -3.36. The van der Waals surface area contributed by atoms with E-state index < -0.39 is 10.1 Å². The lowest BCUT2D eigenvalue weighted by Crippen LogP contribution is -2.44. The Morgan fingerprint density at radius 2 is 0.941 bits per heavy atom. The average Bonchev–Trinajstić information content (AvgIpc) is 3.58. The molecule has 0 unspecified atom stereocenters. The van der Waals surface area contributed by atoms with Crippen molar-refractivity contribution in [1.29, 1.82) is 0 Å². The van der Waals surface area contributed by atoms with E-state index in [4.69, 9.17) is 9.65 Å². The van der Waals surface area contributed by atoms with E-state index in [1.807, 2.05) is 46.6 Å². The summed E-state index contributed by atoms with van der Waals surface area (Å²) < 4.78 is 31.0. The molecule has 0 saturated carbocycles. The van der Waals surface area contributed by atoms with E-state index in [0.29, 0.717) is 0 Å². The fourth-order valence-corrected chi connectivity index (χ4v) is 6.84. The SMILES string of the molecule is CCCCCCC1=NN(c2ccccc2)N(c2ccccc2)N1.CCCCCCCCCCCCCCCCCCc1ccc(S(=O)(=O)O)cc1. The Morgan fingerprint density at radius 3 is 1.41 bits per heavy atom. The molecule has 1 heterocycles. The van der Waals surface area contributed by atoms with Gasteiger partial charge in [-0.2, -0.15) is 18.7 Å². The summed E-state index contributed by atoms with van der Waals surface area (Å²) in [6.45, 7) is 4.51. The highest BCUT2D eigenvalue weighted by Crippen LogP contribution is 2.25. The molecule has 7 nitrogen and oxygen atoms in total. The van der Waals surface area contributed by atoms with E-state index in [1.165, 1.54) is 134 Å². The molecule has 1 aliphatic rings. The topological polar surface area (TPSA) is 85.2 Å². The molecule has 0 aliphatic carbocycles. The van der Waals surface area contributed by atoms with Crippen LogP contribution < -0.4 is 15.7 Å². The van der Waals surface area contributed by atoms with Gasteiger partial charge in [-0.3, -0.25) is 9.98 Å². The standard InChI is InChI=1S/C24H42O3S.C19H24N4/c1-2-3-4-5-6-7-8-9-10-11-12-13-14-15-16-17-18-23-19-21-24(22-20-23)28(25,26)27;1-2-3-4-11-16-19-20-22(17-12-7-5-8-13-17)23(21-19)18-14-9-6-10-15-18/h19-22H,2-18H2,1H3,(H,25,26,27);5-10,12-15H,2-4,11,16H2,1H3,(H,20,21). The quantitative estimate of drug-likeness (QED) is 0.0670. The number of nitrogens with zero attached hydrogens (tertiary/aromatic N) is 3. The second kappa shape index (κ2) is 25.6. The van der Waals surface area contributed by atoms with Crippen molar-refractivity contribution in [3.8, 4) is 0 Å². The largest absolute Gasteiger partial charge is 0.294 e. The van der Waals surface area contributed by atoms with Crippen LogP contribution in [0.1, 0.15) is 154 Å². The second-order valence-corrected chi connectivity index (χ2v) is 15.3. The van der Waals surface area contributed by atoms with Gasteiger partial charge in [-0.1, -0.05) is 178 Å². The van der Waals surface area contributed by atoms with Gasteiger partial charge in [0.05, 0.1) is 16.3 Å². The zero-order valence-corrected chi connectivity index (χ0v) is 32.5. The van der Waals surface area contributed by atoms with Crippen LogP contribution in [-0.2, 0) is 16.5 Å². The molecular weight excluding hydrogens is 653 g/mol. The molecule has 282 valence electrons. The molecule has 3 aromatic rings. The van der Waals surface area contributed by atoms with E-state index in [2.05, 4.69) is 43.5 Å². The lowest BCUT2D eigenvalue weighted by atomic mass is 10.0. The van der Waals surface area contributed by atoms with Crippen molar-refractivity contribution in [1.82, 2.24) is 5.43 Å². The third-order valence-corrected chi connectivity index (χ3v) is 10.3. The van der Waals surface area contributed by atoms with Gasteiger partial charge in [0.25, 0.3) is 10.1 Å². The predicted octanol–water partition coefficient (Wildman–Crippen LogP) is 12.5. The summed E-state index contributed by atoms with van der Waals surface area (Å²) in [4.78, 5) is -0.0248.